The second-order valence-corrected chi connectivity index (χ2v) is 4.84. The van der Waals surface area contributed by atoms with E-state index in [4.69, 9.17) is 0 Å². The Morgan fingerprint density at radius 3 is 2.93 bits per heavy atom. The molecule has 3 heteroatoms. The van der Waals surface area contributed by atoms with Crippen molar-refractivity contribution in [2.75, 3.05) is 0 Å². The van der Waals surface area contributed by atoms with Crippen molar-refractivity contribution in [1.82, 2.24) is 0 Å². The van der Waals surface area contributed by atoms with Gasteiger partial charge >= 0.3 is 0 Å². The molecule has 0 radical (unpaired) electrons. The minimum Gasteiger partial charge on any atom is -0.297 e. The predicted molar refractivity (Wildman–Crippen MR) is 64.6 cm³/mol. The van der Waals surface area contributed by atoms with Gasteiger partial charge in [0, 0.05) is 10.0 Å². The van der Waals surface area contributed by atoms with Crippen LogP contribution in [0.4, 0.5) is 0 Å². The first-order chi connectivity index (χ1) is 6.76. The third-order valence-corrected chi connectivity index (χ3v) is 3.99. The highest BCUT2D eigenvalue weighted by Crippen LogP contribution is 2.29. The summed E-state index contributed by atoms with van der Waals surface area (Å²) in [6, 6.07) is 6.16. The lowest BCUT2D eigenvalue weighted by molar-refractivity contribution is 0.112. The number of alkyl halides is 1. The van der Waals surface area contributed by atoms with E-state index in [0.717, 1.165) is 16.5 Å². The zero-order valence-electron chi connectivity index (χ0n) is 7.71. The lowest BCUT2D eigenvalue weighted by Crippen LogP contribution is -1.83. The summed E-state index contributed by atoms with van der Waals surface area (Å²) in [4.78, 5) is 11.4. The highest BCUT2D eigenvalue weighted by atomic mass is 79.9. The molecule has 0 atom stereocenters. The first-order valence-electron chi connectivity index (χ1n) is 4.29. The lowest BCUT2D eigenvalue weighted by Gasteiger charge is -2.02. The van der Waals surface area contributed by atoms with Crippen LogP contribution in [0.15, 0.2) is 18.2 Å². The van der Waals surface area contributed by atoms with Gasteiger partial charge in [-0.2, -0.15) is 0 Å². The third-order valence-electron chi connectivity index (χ3n) is 2.36. The standard InChI is InChI=1S/C11H9BrOS/c1-7-8(5-12)2-3-11-10(7)4-9(6-13)14-11/h2-4,6H,5H2,1H3. The summed E-state index contributed by atoms with van der Waals surface area (Å²) in [5.41, 5.74) is 2.55. The molecule has 1 nitrogen and oxygen atoms in total. The maximum atomic E-state index is 10.6. The van der Waals surface area contributed by atoms with E-state index in [0.29, 0.717) is 0 Å². The highest BCUT2D eigenvalue weighted by molar-refractivity contribution is 9.08. The Hall–Kier alpha value is -0.670. The van der Waals surface area contributed by atoms with Gasteiger partial charge in [-0.3, -0.25) is 4.79 Å². The summed E-state index contributed by atoms with van der Waals surface area (Å²) < 4.78 is 1.19. The number of aryl methyl sites for hydroxylation is 1. The van der Waals surface area contributed by atoms with E-state index in [2.05, 4.69) is 35.0 Å². The molecule has 1 heterocycles. The second kappa shape index (κ2) is 3.83. The maximum absolute atomic E-state index is 10.6. The number of halogens is 1. The molecule has 0 saturated carbocycles. The Kier molecular flexibility index (Phi) is 2.70. The molecule has 0 aliphatic rings. The fourth-order valence-corrected chi connectivity index (χ4v) is 3.06. The minimum absolute atomic E-state index is 0.801. The van der Waals surface area contributed by atoms with Crippen LogP contribution in [-0.4, -0.2) is 6.29 Å². The molecule has 14 heavy (non-hydrogen) atoms. The third kappa shape index (κ3) is 1.51. The number of hydrogen-bond donors (Lipinski definition) is 0. The maximum Gasteiger partial charge on any atom is 0.160 e. The lowest BCUT2D eigenvalue weighted by atomic mass is 10.1. The SMILES string of the molecule is Cc1c(CBr)ccc2sc(C=O)cc12. The van der Waals surface area contributed by atoms with E-state index >= 15 is 0 Å². The molecule has 2 aromatic rings. The van der Waals surface area contributed by atoms with Crippen LogP contribution < -0.4 is 0 Å². The quantitative estimate of drug-likeness (QED) is 0.596. The number of rotatable bonds is 2. The number of carbonyl (C=O) groups excluding carboxylic acids is 1. The minimum atomic E-state index is 0.801. The molecule has 0 saturated heterocycles. The molecule has 0 bridgehead atoms. The van der Waals surface area contributed by atoms with E-state index in [-0.39, 0.29) is 0 Å². The molecule has 72 valence electrons. The van der Waals surface area contributed by atoms with Crippen molar-refractivity contribution in [2.24, 2.45) is 0 Å². The molecule has 0 unspecified atom stereocenters. The Morgan fingerprint density at radius 1 is 1.50 bits per heavy atom. The molecule has 0 amide bonds. The van der Waals surface area contributed by atoms with Gasteiger partial charge < -0.3 is 0 Å². The Balaban J connectivity index is 2.74. The fourth-order valence-electron chi connectivity index (χ4n) is 1.52. The zero-order valence-corrected chi connectivity index (χ0v) is 10.1. The van der Waals surface area contributed by atoms with Crippen LogP contribution in [0.1, 0.15) is 20.8 Å². The predicted octanol–water partition coefficient (Wildman–Crippen LogP) is 3.92. The summed E-state index contributed by atoms with van der Waals surface area (Å²) in [6.45, 7) is 2.10. The smallest absolute Gasteiger partial charge is 0.160 e. The van der Waals surface area contributed by atoms with Crippen LogP contribution in [0, 0.1) is 6.92 Å². The van der Waals surface area contributed by atoms with E-state index < -0.39 is 0 Å². The molecule has 0 aliphatic heterocycles. The van der Waals surface area contributed by atoms with Gasteiger partial charge in [0.05, 0.1) is 4.88 Å². The Morgan fingerprint density at radius 2 is 2.29 bits per heavy atom. The average Bonchev–Trinajstić information content (AvgIpc) is 2.62. The Bertz CT molecular complexity index is 487. The summed E-state index contributed by atoms with van der Waals surface area (Å²) >= 11 is 5.00. The summed E-state index contributed by atoms with van der Waals surface area (Å²) in [5.74, 6) is 0. The number of aldehydes is 1. The van der Waals surface area contributed by atoms with Crippen molar-refractivity contribution in [3.8, 4) is 0 Å². The van der Waals surface area contributed by atoms with Gasteiger partial charge in [-0.1, -0.05) is 22.0 Å². The van der Waals surface area contributed by atoms with E-state index in [1.54, 1.807) is 11.3 Å². The van der Waals surface area contributed by atoms with Gasteiger partial charge in [-0.05, 0) is 35.6 Å². The average molecular weight is 269 g/mol. The van der Waals surface area contributed by atoms with Gasteiger partial charge in [0.15, 0.2) is 6.29 Å². The molecule has 0 aliphatic carbocycles. The molecule has 1 aromatic heterocycles. The van der Waals surface area contributed by atoms with E-state index in [9.17, 15) is 4.79 Å². The van der Waals surface area contributed by atoms with Crippen LogP contribution in [0.2, 0.25) is 0 Å². The number of benzene rings is 1. The first kappa shape index (κ1) is 9.87. The van der Waals surface area contributed by atoms with Crippen molar-refractivity contribution < 1.29 is 4.79 Å². The molecule has 0 fully saturated rings. The molecular weight excluding hydrogens is 260 g/mol. The zero-order chi connectivity index (χ0) is 10.1. The summed E-state index contributed by atoms with van der Waals surface area (Å²) in [5, 5.41) is 2.06. The molecule has 0 spiro atoms. The van der Waals surface area contributed by atoms with Crippen LogP contribution in [0.25, 0.3) is 10.1 Å². The van der Waals surface area contributed by atoms with Crippen molar-refractivity contribution >= 4 is 43.6 Å². The summed E-state index contributed by atoms with van der Waals surface area (Å²) in [6.07, 6.45) is 0.915. The fraction of sp³-hybridized carbons (Fsp3) is 0.182. The van der Waals surface area contributed by atoms with Crippen molar-refractivity contribution in [3.05, 3.63) is 34.2 Å². The van der Waals surface area contributed by atoms with Crippen molar-refractivity contribution in [3.63, 3.8) is 0 Å². The van der Waals surface area contributed by atoms with Gasteiger partial charge in [-0.25, -0.2) is 0 Å². The Labute approximate surface area is 94.9 Å². The largest absolute Gasteiger partial charge is 0.297 e. The van der Waals surface area contributed by atoms with Crippen LogP contribution in [0.3, 0.4) is 0 Å². The van der Waals surface area contributed by atoms with E-state index in [1.807, 2.05) is 6.07 Å². The van der Waals surface area contributed by atoms with Gasteiger partial charge in [0.25, 0.3) is 0 Å². The van der Waals surface area contributed by atoms with Crippen molar-refractivity contribution in [1.29, 1.82) is 0 Å². The topological polar surface area (TPSA) is 17.1 Å². The number of fused-ring (bicyclic) bond motifs is 1. The second-order valence-electron chi connectivity index (χ2n) is 3.16. The molecular formula is C11H9BrOS. The van der Waals surface area contributed by atoms with Gasteiger partial charge in [0.2, 0.25) is 0 Å². The van der Waals surface area contributed by atoms with Crippen molar-refractivity contribution in [2.45, 2.75) is 12.3 Å². The first-order valence-corrected chi connectivity index (χ1v) is 6.23. The van der Waals surface area contributed by atoms with Crippen LogP contribution >= 0.6 is 27.3 Å². The number of thiophene rings is 1. The number of hydrogen-bond acceptors (Lipinski definition) is 2. The molecule has 1 aromatic carbocycles. The van der Waals surface area contributed by atoms with Gasteiger partial charge in [-0.15, -0.1) is 11.3 Å². The van der Waals surface area contributed by atoms with Crippen LogP contribution in [-0.2, 0) is 5.33 Å². The highest BCUT2D eigenvalue weighted by Gasteiger charge is 2.06. The normalized spacial score (nSPS) is 10.7. The summed E-state index contributed by atoms with van der Waals surface area (Å²) in [7, 11) is 0. The van der Waals surface area contributed by atoms with E-state index in [1.165, 1.54) is 21.2 Å². The number of carbonyl (C=O) groups is 1. The monoisotopic (exact) mass is 268 g/mol. The molecule has 2 rings (SSSR count). The van der Waals surface area contributed by atoms with Crippen LogP contribution in [0.5, 0.6) is 0 Å². The molecule has 0 N–H and O–H groups in total. The van der Waals surface area contributed by atoms with Gasteiger partial charge in [0.1, 0.15) is 0 Å².